The molecule has 13 atom stereocenters. The van der Waals surface area contributed by atoms with E-state index in [4.69, 9.17) is 18.9 Å². The van der Waals surface area contributed by atoms with E-state index in [9.17, 15) is 24.6 Å². The maximum absolute atomic E-state index is 14.2. The molecule has 0 unspecified atom stereocenters. The molecule has 0 radical (unpaired) electrons. The first-order chi connectivity index (χ1) is 21.7. The smallest absolute Gasteiger partial charge is 0.316 e. The van der Waals surface area contributed by atoms with Gasteiger partial charge in [0.1, 0.15) is 23.7 Å². The van der Waals surface area contributed by atoms with Crippen LogP contribution in [-0.2, 0) is 33.3 Å². The molecule has 2 bridgehead atoms. The van der Waals surface area contributed by atoms with Crippen LogP contribution in [-0.4, -0.2) is 107 Å². The van der Waals surface area contributed by atoms with Gasteiger partial charge in [-0.25, -0.2) is 4.99 Å². The molecule has 3 saturated heterocycles. The lowest BCUT2D eigenvalue weighted by atomic mass is 9.68. The second-order valence-electron chi connectivity index (χ2n) is 15.0. The summed E-state index contributed by atoms with van der Waals surface area (Å²) in [4.78, 5) is 46.9. The van der Waals surface area contributed by atoms with Crippen LogP contribution in [0, 0.1) is 29.6 Å². The number of nitrogens with zero attached hydrogens (tertiary/aromatic N) is 2. The van der Waals surface area contributed by atoms with Crippen molar-refractivity contribution >= 4 is 23.4 Å². The summed E-state index contributed by atoms with van der Waals surface area (Å²) >= 11 is 0. The normalized spacial score (nSPS) is 44.0. The van der Waals surface area contributed by atoms with Crippen LogP contribution < -0.4 is 0 Å². The number of aliphatic hydroxyl groups excluding tert-OH is 1. The molecule has 0 aromatic rings. The van der Waals surface area contributed by atoms with Crippen LogP contribution in [0.3, 0.4) is 0 Å². The Balaban J connectivity index is 2.29. The van der Waals surface area contributed by atoms with E-state index in [-0.39, 0.29) is 37.0 Å². The first-order valence-corrected chi connectivity index (χ1v) is 17.3. The van der Waals surface area contributed by atoms with Crippen LogP contribution in [0.4, 0.5) is 0 Å². The number of carbonyl (C=O) groups is 3. The lowest BCUT2D eigenvalue weighted by molar-refractivity contribution is -0.296. The van der Waals surface area contributed by atoms with Gasteiger partial charge in [-0.15, -0.1) is 0 Å². The second kappa shape index (κ2) is 15.7. The molecule has 3 fully saturated rings. The molecule has 3 aliphatic heterocycles. The number of esters is 1. The third-order valence-electron chi connectivity index (χ3n) is 10.9. The van der Waals surface area contributed by atoms with E-state index in [1.54, 1.807) is 13.8 Å². The Labute approximate surface area is 281 Å². The number of ketones is 1. The van der Waals surface area contributed by atoms with E-state index >= 15 is 0 Å². The summed E-state index contributed by atoms with van der Waals surface area (Å²) in [5, 5.41) is 23.6. The maximum atomic E-state index is 14.2. The van der Waals surface area contributed by atoms with E-state index in [1.807, 2.05) is 53.6 Å². The summed E-state index contributed by atoms with van der Waals surface area (Å²) in [6, 6.07) is -0.256. The van der Waals surface area contributed by atoms with Gasteiger partial charge < -0.3 is 34.1 Å². The van der Waals surface area contributed by atoms with Crippen molar-refractivity contribution in [1.29, 1.82) is 0 Å². The number of likely N-dealkylation sites (N-methyl/N-ethyl adjacent to an activating group) is 1. The molecule has 0 spiro atoms. The summed E-state index contributed by atoms with van der Waals surface area (Å²) in [5.41, 5.74) is -1.35. The predicted molar refractivity (Wildman–Crippen MR) is 179 cm³/mol. The van der Waals surface area contributed by atoms with Crippen molar-refractivity contribution < 1.29 is 43.5 Å². The third kappa shape index (κ3) is 8.78. The van der Waals surface area contributed by atoms with E-state index in [1.165, 1.54) is 13.8 Å². The van der Waals surface area contributed by atoms with Gasteiger partial charge >= 0.3 is 5.97 Å². The Morgan fingerprint density at radius 2 is 1.77 bits per heavy atom. The third-order valence-corrected chi connectivity index (χ3v) is 10.9. The van der Waals surface area contributed by atoms with Crippen molar-refractivity contribution in [2.24, 2.45) is 34.6 Å². The molecule has 1 amide bonds. The van der Waals surface area contributed by atoms with E-state index in [2.05, 4.69) is 11.6 Å². The fourth-order valence-corrected chi connectivity index (χ4v) is 8.11. The highest BCUT2D eigenvalue weighted by atomic mass is 16.7. The number of aliphatic imine (C=N–C) groups is 1. The molecular formula is C36H60N2O9. The fourth-order valence-electron chi connectivity index (χ4n) is 8.11. The highest BCUT2D eigenvalue weighted by Gasteiger charge is 2.52. The molecule has 3 aliphatic rings. The van der Waals surface area contributed by atoms with Gasteiger partial charge in [-0.3, -0.25) is 14.4 Å². The van der Waals surface area contributed by atoms with Gasteiger partial charge in [0.25, 0.3) is 0 Å². The molecular weight excluding hydrogens is 604 g/mol. The first-order valence-electron chi connectivity index (χ1n) is 17.3. The van der Waals surface area contributed by atoms with E-state index in [0.717, 1.165) is 5.57 Å². The molecule has 0 aliphatic carbocycles. The molecule has 0 saturated carbocycles. The van der Waals surface area contributed by atoms with Crippen molar-refractivity contribution in [1.82, 2.24) is 4.90 Å². The summed E-state index contributed by atoms with van der Waals surface area (Å²) in [5.74, 6) is -4.83. The quantitative estimate of drug-likeness (QED) is 0.256. The number of amides is 1. The van der Waals surface area contributed by atoms with Crippen molar-refractivity contribution in [3.05, 3.63) is 12.2 Å². The number of aliphatic hydroxyl groups is 2. The largest absolute Gasteiger partial charge is 0.459 e. The fraction of sp³-hybridized carbons (Fsp3) is 0.833. The van der Waals surface area contributed by atoms with Crippen molar-refractivity contribution in [3.63, 3.8) is 0 Å². The van der Waals surface area contributed by atoms with Gasteiger partial charge in [0.05, 0.1) is 24.4 Å². The van der Waals surface area contributed by atoms with Crippen LogP contribution in [0.2, 0.25) is 0 Å². The summed E-state index contributed by atoms with van der Waals surface area (Å²) in [6.45, 7) is 20.2. The van der Waals surface area contributed by atoms with Gasteiger partial charge in [-0.05, 0) is 85.7 Å². The zero-order valence-electron chi connectivity index (χ0n) is 30.4. The molecule has 3 heterocycles. The number of hydrogen-bond acceptors (Lipinski definition) is 10. The average Bonchev–Trinajstić information content (AvgIpc) is 3.00. The minimum Gasteiger partial charge on any atom is -0.459 e. The predicted octanol–water partition coefficient (Wildman–Crippen LogP) is 4.12. The number of hydrogen-bond donors (Lipinski definition) is 2. The van der Waals surface area contributed by atoms with E-state index in [0.29, 0.717) is 31.4 Å². The molecule has 3 rings (SSSR count). The Morgan fingerprint density at radius 3 is 2.34 bits per heavy atom. The molecule has 11 nitrogen and oxygen atoms in total. The number of fused-ring (bicyclic) bond motifs is 5. The Bertz CT molecular complexity index is 1180. The van der Waals surface area contributed by atoms with Gasteiger partial charge in [0.15, 0.2) is 12.1 Å². The molecule has 0 aromatic carbocycles. The Kier molecular flexibility index (Phi) is 13.2. The van der Waals surface area contributed by atoms with Crippen LogP contribution in [0.5, 0.6) is 0 Å². The number of Topliss-reactive ketones (excluding diaryl/α,β-unsaturated/α-hetero) is 1. The minimum atomic E-state index is -1.52. The van der Waals surface area contributed by atoms with Gasteiger partial charge in [-0.1, -0.05) is 39.8 Å². The van der Waals surface area contributed by atoms with Crippen LogP contribution in [0.25, 0.3) is 0 Å². The zero-order chi connectivity index (χ0) is 35.6. The summed E-state index contributed by atoms with van der Waals surface area (Å²) in [7, 11) is 3.77. The molecule has 268 valence electrons. The van der Waals surface area contributed by atoms with Gasteiger partial charge in [0, 0.05) is 30.5 Å². The summed E-state index contributed by atoms with van der Waals surface area (Å²) in [6.07, 6.45) is -2.12. The number of carbonyl (C=O) groups excluding carboxylic acids is 3. The van der Waals surface area contributed by atoms with Crippen LogP contribution in [0.1, 0.15) is 94.4 Å². The zero-order valence-corrected chi connectivity index (χ0v) is 30.4. The van der Waals surface area contributed by atoms with E-state index < -0.39 is 71.2 Å². The van der Waals surface area contributed by atoms with Crippen molar-refractivity contribution in [2.45, 2.75) is 142 Å². The molecule has 11 heteroatoms. The minimum absolute atomic E-state index is 0.152. The Morgan fingerprint density at radius 1 is 1.13 bits per heavy atom. The molecule has 0 aromatic heterocycles. The lowest BCUT2D eigenvalue weighted by Crippen LogP contribution is -2.59. The monoisotopic (exact) mass is 664 g/mol. The van der Waals surface area contributed by atoms with Gasteiger partial charge in [0.2, 0.25) is 5.91 Å². The lowest BCUT2D eigenvalue weighted by Gasteiger charge is -2.47. The summed E-state index contributed by atoms with van der Waals surface area (Å²) < 4.78 is 25.6. The number of rotatable bonds is 4. The number of cyclic esters (lactones) is 1. The standard InChI is InChI=1S/C36H60N2O9/c1-13-28-36(10,43)26-15-14-19(2)18-44-35(9,17-20(3)29(22(26)5)37-25(8)39)32(23(6)30(40)24(7)33(42)46-28)47-34-31(41)27(38(11)12)16-21(4)45-34/h20-24,26-28,31-32,34,41,43H,2,13-18H2,1,3-12H3/t20-,21-,22-,23+,24-,26-,27+,28-,31-,32-,34+,35-,36+/m1/s1. The maximum Gasteiger partial charge on any atom is 0.316 e. The van der Waals surface area contributed by atoms with Crippen molar-refractivity contribution in [3.8, 4) is 0 Å². The van der Waals surface area contributed by atoms with Crippen molar-refractivity contribution in [2.75, 3.05) is 20.7 Å². The first kappa shape index (κ1) is 39.4. The SMILES string of the molecule is C=C1CC[C@@H]2[C@@H](C)C(=NC(C)=O)[C@H](C)C[C@@](C)(OC1)[C@H](O[C@@H]1O[C@H](C)C[C@H](N(C)C)[C@H]1O)[C@@H](C)C(=O)[C@@H](C)C(=O)O[C@H](CC)[C@@]2(C)O. The topological polar surface area (TPSA) is 144 Å². The molecule has 2 N–H and O–H groups in total. The average molecular weight is 665 g/mol. The second-order valence-corrected chi connectivity index (χ2v) is 15.0. The number of ether oxygens (including phenoxy) is 4. The van der Waals surface area contributed by atoms with Crippen LogP contribution >= 0.6 is 0 Å². The van der Waals surface area contributed by atoms with Gasteiger partial charge in [-0.2, -0.15) is 0 Å². The highest BCUT2D eigenvalue weighted by molar-refractivity contribution is 6.00. The Hall–Kier alpha value is -2.02. The highest BCUT2D eigenvalue weighted by Crippen LogP contribution is 2.43. The molecule has 47 heavy (non-hydrogen) atoms. The van der Waals surface area contributed by atoms with Crippen LogP contribution in [0.15, 0.2) is 17.1 Å².